The first-order chi connectivity index (χ1) is 12.7. The molecule has 5 rings (SSSR count). The lowest BCUT2D eigenvalue weighted by Crippen LogP contribution is -2.51. The Balaban J connectivity index is 1.52. The molecule has 6 heteroatoms. The van der Waals surface area contributed by atoms with Gasteiger partial charge in [0.15, 0.2) is 5.58 Å². The number of nitrogens with zero attached hydrogens (tertiary/aromatic N) is 3. The predicted octanol–water partition coefficient (Wildman–Crippen LogP) is 4.12. The number of aromatic nitrogens is 1. The van der Waals surface area contributed by atoms with Crippen LogP contribution in [0.15, 0.2) is 38.7 Å². The third-order valence-corrected chi connectivity index (χ3v) is 5.86. The third-order valence-electron chi connectivity index (χ3n) is 5.86. The quantitative estimate of drug-likeness (QED) is 0.839. The third kappa shape index (κ3) is 2.55. The highest BCUT2D eigenvalue weighted by Gasteiger charge is 2.49. The molecule has 2 aromatic rings. The maximum Gasteiger partial charge on any atom is 0.302 e. The molecule has 1 atom stereocenters. The van der Waals surface area contributed by atoms with Crippen LogP contribution in [-0.2, 0) is 4.79 Å². The fourth-order valence-corrected chi connectivity index (χ4v) is 4.73. The number of hydrogen-bond acceptors (Lipinski definition) is 6. The van der Waals surface area contributed by atoms with Gasteiger partial charge in [-0.1, -0.05) is 31.4 Å². The molecule has 1 spiro atoms. The van der Waals surface area contributed by atoms with Crippen LogP contribution in [0.4, 0.5) is 6.01 Å². The van der Waals surface area contributed by atoms with Crippen LogP contribution in [0.25, 0.3) is 11.1 Å². The molecule has 134 valence electrons. The van der Waals surface area contributed by atoms with Crippen molar-refractivity contribution in [2.24, 2.45) is 15.9 Å². The number of oxazole rings is 1. The van der Waals surface area contributed by atoms with E-state index in [1.807, 2.05) is 24.3 Å². The predicted molar refractivity (Wildman–Crippen MR) is 101 cm³/mol. The fourth-order valence-electron chi connectivity index (χ4n) is 4.73. The number of fused-ring (bicyclic) bond motifs is 3. The van der Waals surface area contributed by atoms with Crippen LogP contribution in [0.5, 0.6) is 0 Å². The normalized spacial score (nSPS) is 24.9. The number of anilines is 1. The lowest BCUT2D eigenvalue weighted by atomic mass is 9.66. The van der Waals surface area contributed by atoms with Gasteiger partial charge in [0.1, 0.15) is 11.3 Å². The van der Waals surface area contributed by atoms with Crippen molar-refractivity contribution in [1.82, 2.24) is 4.98 Å². The summed E-state index contributed by atoms with van der Waals surface area (Å²) in [5.74, 6) is 0.742. The number of carbonyl (C=O) groups is 1. The van der Waals surface area contributed by atoms with E-state index in [1.54, 1.807) is 0 Å². The Morgan fingerprint density at radius 3 is 2.77 bits per heavy atom. The molecule has 0 bridgehead atoms. The number of aliphatic imine (C=N–C) groups is 2. The Morgan fingerprint density at radius 2 is 1.92 bits per heavy atom. The number of carbonyl (C=O) groups excluding carboxylic acids is 1. The minimum absolute atomic E-state index is 0.120. The highest BCUT2D eigenvalue weighted by atomic mass is 16.4. The summed E-state index contributed by atoms with van der Waals surface area (Å²) in [5.41, 5.74) is 2.22. The molecule has 1 aromatic carbocycles. The second-order valence-corrected chi connectivity index (χ2v) is 7.57. The van der Waals surface area contributed by atoms with Crippen molar-refractivity contribution in [2.75, 3.05) is 5.32 Å². The molecule has 6 nitrogen and oxygen atoms in total. The second-order valence-electron chi connectivity index (χ2n) is 7.57. The van der Waals surface area contributed by atoms with Gasteiger partial charge in [0, 0.05) is 12.1 Å². The van der Waals surface area contributed by atoms with Crippen molar-refractivity contribution in [1.29, 1.82) is 0 Å². The number of para-hydroxylation sites is 2. The summed E-state index contributed by atoms with van der Waals surface area (Å²) >= 11 is 0. The van der Waals surface area contributed by atoms with Gasteiger partial charge in [0.05, 0.1) is 11.5 Å². The van der Waals surface area contributed by atoms with E-state index in [2.05, 4.69) is 10.3 Å². The van der Waals surface area contributed by atoms with E-state index in [4.69, 9.17) is 14.4 Å². The van der Waals surface area contributed by atoms with E-state index >= 15 is 0 Å². The zero-order chi connectivity index (χ0) is 17.6. The molecule has 3 aliphatic rings. The summed E-state index contributed by atoms with van der Waals surface area (Å²) in [6.07, 6.45) is 7.82. The van der Waals surface area contributed by atoms with Gasteiger partial charge in [-0.25, -0.2) is 9.98 Å². The molecule has 0 radical (unpaired) electrons. The van der Waals surface area contributed by atoms with E-state index in [0.717, 1.165) is 55.3 Å². The average molecular weight is 350 g/mol. The summed E-state index contributed by atoms with van der Waals surface area (Å²) in [7, 11) is 0. The molecule has 2 fully saturated rings. The molecule has 26 heavy (non-hydrogen) atoms. The second kappa shape index (κ2) is 6.04. The fraction of sp³-hybridized carbons (Fsp3) is 0.500. The molecular weight excluding hydrogens is 328 g/mol. The van der Waals surface area contributed by atoms with E-state index in [0.29, 0.717) is 24.2 Å². The van der Waals surface area contributed by atoms with Crippen molar-refractivity contribution in [3.8, 4) is 0 Å². The minimum atomic E-state index is -0.318. The summed E-state index contributed by atoms with van der Waals surface area (Å²) < 4.78 is 5.76. The lowest BCUT2D eigenvalue weighted by molar-refractivity contribution is -0.123. The van der Waals surface area contributed by atoms with Crippen molar-refractivity contribution < 1.29 is 9.21 Å². The summed E-state index contributed by atoms with van der Waals surface area (Å²) in [5, 5.41) is 3.16. The molecule has 2 saturated carbocycles. The topological polar surface area (TPSA) is 79.9 Å². The maximum atomic E-state index is 12.7. The van der Waals surface area contributed by atoms with Gasteiger partial charge >= 0.3 is 6.01 Å². The average Bonchev–Trinajstić information content (AvgIpc) is 3.04. The highest BCUT2D eigenvalue weighted by molar-refractivity contribution is 6.15. The molecule has 2 heterocycles. The van der Waals surface area contributed by atoms with Gasteiger partial charge < -0.3 is 4.42 Å². The Morgan fingerprint density at radius 1 is 1.08 bits per heavy atom. The van der Waals surface area contributed by atoms with Gasteiger partial charge in [0.2, 0.25) is 5.96 Å². The van der Waals surface area contributed by atoms with Gasteiger partial charge in [0.25, 0.3) is 0 Å². The van der Waals surface area contributed by atoms with E-state index in [-0.39, 0.29) is 11.5 Å². The maximum absolute atomic E-state index is 12.7. The van der Waals surface area contributed by atoms with Gasteiger partial charge in [-0.3, -0.25) is 10.1 Å². The lowest BCUT2D eigenvalue weighted by Gasteiger charge is -2.44. The standard InChI is InChI=1S/C20H22N4O2/c25-15-9-6-8-14-17(15)20(11-4-1-5-12-20)24-18(21-14)23-19-22-13-7-2-3-10-16(13)26-19/h2-3,7,10,17H,1,4-6,8-9,11-12H2,(H,22,23,24)/t17-/m1/s1. The molecular formula is C20H22N4O2. The van der Waals surface area contributed by atoms with Crippen LogP contribution in [0.3, 0.4) is 0 Å². The summed E-state index contributed by atoms with van der Waals surface area (Å²) in [6.45, 7) is 0. The smallest absolute Gasteiger partial charge is 0.302 e. The monoisotopic (exact) mass is 350 g/mol. The van der Waals surface area contributed by atoms with Gasteiger partial charge in [-0.2, -0.15) is 4.98 Å². The number of hydrogen-bond donors (Lipinski definition) is 1. The first-order valence-electron chi connectivity index (χ1n) is 9.56. The Hall–Kier alpha value is -2.50. The molecule has 0 unspecified atom stereocenters. The van der Waals surface area contributed by atoms with E-state index < -0.39 is 0 Å². The van der Waals surface area contributed by atoms with Crippen LogP contribution in [0.2, 0.25) is 0 Å². The molecule has 1 aliphatic heterocycles. The number of Topliss-reactive ketones (excluding diaryl/α,β-unsaturated/α-hetero) is 1. The van der Waals surface area contributed by atoms with Crippen molar-refractivity contribution in [3.63, 3.8) is 0 Å². The Bertz CT molecular complexity index is 888. The molecule has 1 N–H and O–H groups in total. The zero-order valence-corrected chi connectivity index (χ0v) is 14.7. The highest BCUT2D eigenvalue weighted by Crippen LogP contribution is 2.44. The number of guanidine groups is 1. The number of benzene rings is 1. The van der Waals surface area contributed by atoms with E-state index in [1.165, 1.54) is 6.42 Å². The first kappa shape index (κ1) is 15.7. The van der Waals surface area contributed by atoms with Crippen LogP contribution in [-0.4, -0.2) is 28.0 Å². The van der Waals surface area contributed by atoms with Crippen LogP contribution in [0, 0.1) is 5.92 Å². The SMILES string of the molecule is O=C1CCCC2=NC(Nc3nc4ccccc4o3)=NC3(CCCCC3)[C@@H]12. The van der Waals surface area contributed by atoms with Gasteiger partial charge in [-0.05, 0) is 37.8 Å². The van der Waals surface area contributed by atoms with Crippen LogP contribution >= 0.6 is 0 Å². The minimum Gasteiger partial charge on any atom is -0.423 e. The summed E-state index contributed by atoms with van der Waals surface area (Å²) in [6, 6.07) is 8.06. The van der Waals surface area contributed by atoms with Crippen molar-refractivity contribution in [2.45, 2.75) is 56.9 Å². The van der Waals surface area contributed by atoms with Crippen molar-refractivity contribution >= 4 is 34.6 Å². The Kier molecular flexibility index (Phi) is 3.65. The Labute approximate surface area is 151 Å². The molecule has 1 aromatic heterocycles. The molecule has 2 aliphatic carbocycles. The summed E-state index contributed by atoms with van der Waals surface area (Å²) in [4.78, 5) is 26.8. The number of nitrogens with one attached hydrogen (secondary N) is 1. The van der Waals surface area contributed by atoms with Crippen LogP contribution in [0.1, 0.15) is 51.4 Å². The first-order valence-corrected chi connectivity index (χ1v) is 9.56. The number of ketones is 1. The molecule has 0 amide bonds. The largest absolute Gasteiger partial charge is 0.423 e. The molecule has 0 saturated heterocycles. The van der Waals surface area contributed by atoms with E-state index in [9.17, 15) is 4.79 Å². The van der Waals surface area contributed by atoms with Crippen molar-refractivity contribution in [3.05, 3.63) is 24.3 Å². The van der Waals surface area contributed by atoms with Crippen LogP contribution < -0.4 is 5.32 Å². The zero-order valence-electron chi connectivity index (χ0n) is 14.7. The number of rotatable bonds is 1. The van der Waals surface area contributed by atoms with Gasteiger partial charge in [-0.15, -0.1) is 0 Å².